The second-order valence-electron chi connectivity index (χ2n) is 4.82. The van der Waals surface area contributed by atoms with E-state index in [4.69, 9.17) is 21.3 Å². The van der Waals surface area contributed by atoms with Gasteiger partial charge in [0.2, 0.25) is 11.8 Å². The Bertz CT molecular complexity index is 366. The van der Waals surface area contributed by atoms with Gasteiger partial charge in [0.1, 0.15) is 0 Å². The molecule has 1 rings (SSSR count). The van der Waals surface area contributed by atoms with E-state index in [1.165, 1.54) is 0 Å². The highest BCUT2D eigenvalue weighted by atomic mass is 16.5. The van der Waals surface area contributed by atoms with Gasteiger partial charge >= 0.3 is 5.97 Å². The van der Waals surface area contributed by atoms with Crippen LogP contribution < -0.4 is 11.5 Å². The van der Waals surface area contributed by atoms with Gasteiger partial charge in [-0.25, -0.2) is 0 Å². The van der Waals surface area contributed by atoms with Crippen molar-refractivity contribution in [2.24, 2.45) is 11.5 Å². The lowest BCUT2D eigenvalue weighted by atomic mass is 10.1. The van der Waals surface area contributed by atoms with Crippen LogP contribution in [0.3, 0.4) is 0 Å². The Morgan fingerprint density at radius 3 is 2.40 bits per heavy atom. The lowest BCUT2D eigenvalue weighted by molar-refractivity contribution is -0.139. The number of ether oxygens (including phenoxy) is 1. The SMILES string of the molecule is NC(=O)CC(N)C(=O)N1CCC(OCCC(=O)O)CC1. The van der Waals surface area contributed by atoms with E-state index in [1.54, 1.807) is 4.90 Å². The Hall–Kier alpha value is -1.67. The third kappa shape index (κ3) is 5.54. The van der Waals surface area contributed by atoms with Crippen molar-refractivity contribution in [2.45, 2.75) is 37.8 Å². The fourth-order valence-corrected chi connectivity index (χ4v) is 2.09. The number of hydrogen-bond donors (Lipinski definition) is 3. The summed E-state index contributed by atoms with van der Waals surface area (Å²) in [5.41, 5.74) is 10.6. The van der Waals surface area contributed by atoms with E-state index in [-0.39, 0.29) is 31.5 Å². The van der Waals surface area contributed by atoms with Crippen LogP contribution in [0.15, 0.2) is 0 Å². The molecule has 0 aromatic rings. The Balaban J connectivity index is 2.29. The summed E-state index contributed by atoms with van der Waals surface area (Å²) in [6, 6.07) is -0.892. The first-order chi connectivity index (χ1) is 9.40. The Labute approximate surface area is 117 Å². The molecule has 8 nitrogen and oxygen atoms in total. The van der Waals surface area contributed by atoms with Crippen molar-refractivity contribution in [2.75, 3.05) is 19.7 Å². The van der Waals surface area contributed by atoms with Crippen molar-refractivity contribution in [1.29, 1.82) is 0 Å². The summed E-state index contributed by atoms with van der Waals surface area (Å²) >= 11 is 0. The highest BCUT2D eigenvalue weighted by Gasteiger charge is 2.27. The molecule has 8 heteroatoms. The third-order valence-corrected chi connectivity index (χ3v) is 3.16. The summed E-state index contributed by atoms with van der Waals surface area (Å²) < 4.78 is 5.42. The van der Waals surface area contributed by atoms with Gasteiger partial charge in [0.05, 0.1) is 31.6 Å². The molecule has 2 amide bonds. The largest absolute Gasteiger partial charge is 0.481 e. The van der Waals surface area contributed by atoms with Crippen molar-refractivity contribution >= 4 is 17.8 Å². The molecule has 0 spiro atoms. The number of nitrogens with two attached hydrogens (primary N) is 2. The Kier molecular flexibility index (Phi) is 6.40. The predicted octanol–water partition coefficient (Wildman–Crippen LogP) is -1.33. The maximum absolute atomic E-state index is 11.9. The molecule has 0 radical (unpaired) electrons. The van der Waals surface area contributed by atoms with Gasteiger partial charge in [0.15, 0.2) is 0 Å². The molecule has 1 atom stereocenters. The molecule has 0 bridgehead atoms. The topological polar surface area (TPSA) is 136 Å². The van der Waals surface area contributed by atoms with E-state index < -0.39 is 17.9 Å². The number of rotatable bonds is 7. The second kappa shape index (κ2) is 7.81. The molecule has 1 fully saturated rings. The molecule has 1 unspecified atom stereocenters. The molecule has 1 heterocycles. The molecule has 0 saturated carbocycles. The average molecular weight is 287 g/mol. The van der Waals surface area contributed by atoms with Gasteiger partial charge in [0, 0.05) is 13.1 Å². The number of likely N-dealkylation sites (tertiary alicyclic amines) is 1. The standard InChI is InChI=1S/C12H21N3O5/c13-9(7-10(14)16)12(19)15-4-1-8(2-5-15)20-6-3-11(17)18/h8-9H,1-7,13H2,(H2,14,16)(H,17,18). The lowest BCUT2D eigenvalue weighted by Gasteiger charge is -2.33. The fraction of sp³-hybridized carbons (Fsp3) is 0.750. The van der Waals surface area contributed by atoms with Gasteiger partial charge in [-0.2, -0.15) is 0 Å². The molecule has 5 N–H and O–H groups in total. The van der Waals surface area contributed by atoms with Crippen LogP contribution in [0.5, 0.6) is 0 Å². The number of piperidine rings is 1. The molecule has 0 aliphatic carbocycles. The van der Waals surface area contributed by atoms with Crippen LogP contribution in [0.25, 0.3) is 0 Å². The van der Waals surface area contributed by atoms with Gasteiger partial charge in [-0.3, -0.25) is 14.4 Å². The number of amides is 2. The second-order valence-corrected chi connectivity index (χ2v) is 4.82. The minimum absolute atomic E-state index is 0.0252. The number of nitrogens with zero attached hydrogens (tertiary/aromatic N) is 1. The lowest BCUT2D eigenvalue weighted by Crippen LogP contribution is -2.49. The summed E-state index contributed by atoms with van der Waals surface area (Å²) in [6.07, 6.45) is 1.05. The molecule has 0 aromatic carbocycles. The summed E-state index contributed by atoms with van der Waals surface area (Å²) in [7, 11) is 0. The fourth-order valence-electron chi connectivity index (χ4n) is 2.09. The molecule has 1 aliphatic rings. The van der Waals surface area contributed by atoms with E-state index in [1.807, 2.05) is 0 Å². The first-order valence-electron chi connectivity index (χ1n) is 6.56. The van der Waals surface area contributed by atoms with Crippen LogP contribution in [0.4, 0.5) is 0 Å². The number of carbonyl (C=O) groups excluding carboxylic acids is 2. The predicted molar refractivity (Wildman–Crippen MR) is 69.6 cm³/mol. The van der Waals surface area contributed by atoms with Crippen LogP contribution in [-0.4, -0.2) is 59.6 Å². The summed E-state index contributed by atoms with van der Waals surface area (Å²) in [5, 5.41) is 8.51. The first kappa shape index (κ1) is 16.4. The highest BCUT2D eigenvalue weighted by molar-refractivity contribution is 5.87. The van der Waals surface area contributed by atoms with Crippen LogP contribution in [-0.2, 0) is 19.1 Å². The molecule has 1 saturated heterocycles. The quantitative estimate of drug-likeness (QED) is 0.531. The minimum atomic E-state index is -0.893. The zero-order valence-electron chi connectivity index (χ0n) is 11.3. The van der Waals surface area contributed by atoms with Gasteiger partial charge < -0.3 is 26.2 Å². The number of primary amides is 1. The Morgan fingerprint density at radius 1 is 1.30 bits per heavy atom. The van der Waals surface area contributed by atoms with Crippen LogP contribution in [0, 0.1) is 0 Å². The number of hydrogen-bond acceptors (Lipinski definition) is 5. The third-order valence-electron chi connectivity index (χ3n) is 3.16. The van der Waals surface area contributed by atoms with E-state index in [2.05, 4.69) is 0 Å². The zero-order valence-corrected chi connectivity index (χ0v) is 11.3. The molecule has 20 heavy (non-hydrogen) atoms. The zero-order chi connectivity index (χ0) is 15.1. The summed E-state index contributed by atoms with van der Waals surface area (Å²) in [6.45, 7) is 1.15. The maximum atomic E-state index is 11.9. The number of carboxylic acid groups (broad SMARTS) is 1. The number of carbonyl (C=O) groups is 3. The smallest absolute Gasteiger partial charge is 0.305 e. The molecular formula is C12H21N3O5. The van der Waals surface area contributed by atoms with Crippen molar-refractivity contribution in [3.05, 3.63) is 0 Å². The van der Waals surface area contributed by atoms with Crippen LogP contribution in [0.2, 0.25) is 0 Å². The van der Waals surface area contributed by atoms with E-state index in [0.29, 0.717) is 25.9 Å². The minimum Gasteiger partial charge on any atom is -0.481 e. The van der Waals surface area contributed by atoms with E-state index in [0.717, 1.165) is 0 Å². The average Bonchev–Trinajstić information content (AvgIpc) is 2.37. The number of aliphatic carboxylic acids is 1. The van der Waals surface area contributed by atoms with Gasteiger partial charge in [-0.1, -0.05) is 0 Å². The van der Waals surface area contributed by atoms with Gasteiger partial charge in [-0.15, -0.1) is 0 Å². The van der Waals surface area contributed by atoms with Crippen LogP contribution in [0.1, 0.15) is 25.7 Å². The van der Waals surface area contributed by atoms with Crippen LogP contribution >= 0.6 is 0 Å². The van der Waals surface area contributed by atoms with Crippen molar-refractivity contribution in [3.8, 4) is 0 Å². The Morgan fingerprint density at radius 2 is 1.90 bits per heavy atom. The monoisotopic (exact) mass is 287 g/mol. The molecular weight excluding hydrogens is 266 g/mol. The maximum Gasteiger partial charge on any atom is 0.305 e. The van der Waals surface area contributed by atoms with Crippen molar-refractivity contribution in [1.82, 2.24) is 4.90 Å². The highest BCUT2D eigenvalue weighted by Crippen LogP contribution is 2.15. The molecule has 1 aliphatic heterocycles. The normalized spacial score (nSPS) is 17.8. The molecule has 114 valence electrons. The van der Waals surface area contributed by atoms with Gasteiger partial charge in [-0.05, 0) is 12.8 Å². The first-order valence-corrected chi connectivity index (χ1v) is 6.56. The van der Waals surface area contributed by atoms with Gasteiger partial charge in [0.25, 0.3) is 0 Å². The van der Waals surface area contributed by atoms with E-state index >= 15 is 0 Å². The summed E-state index contributed by atoms with van der Waals surface area (Å²) in [5.74, 6) is -1.78. The van der Waals surface area contributed by atoms with Crippen molar-refractivity contribution < 1.29 is 24.2 Å². The van der Waals surface area contributed by atoms with Crippen molar-refractivity contribution in [3.63, 3.8) is 0 Å². The van der Waals surface area contributed by atoms with E-state index in [9.17, 15) is 14.4 Å². The molecule has 0 aromatic heterocycles. The number of carboxylic acids is 1. The summed E-state index contributed by atoms with van der Waals surface area (Å²) in [4.78, 5) is 34.6.